The zero-order chi connectivity index (χ0) is 16.3. The lowest BCUT2D eigenvalue weighted by Gasteiger charge is -2.15. The van der Waals surface area contributed by atoms with Crippen LogP contribution in [0.25, 0.3) is 0 Å². The van der Waals surface area contributed by atoms with Crippen molar-refractivity contribution in [3.05, 3.63) is 36.2 Å². The fourth-order valence-electron chi connectivity index (χ4n) is 1.66. The molecule has 2 rings (SSSR count). The molecule has 0 bridgehead atoms. The number of carbonyl (C=O) groups excluding carboxylic acids is 1. The number of aromatic nitrogens is 3. The average molecular weight is 330 g/mol. The van der Waals surface area contributed by atoms with Gasteiger partial charge in [0.2, 0.25) is 5.91 Å². The van der Waals surface area contributed by atoms with Gasteiger partial charge in [0.1, 0.15) is 6.33 Å². The molecule has 0 saturated heterocycles. The molecule has 0 aliphatic carbocycles. The number of hydrogen-bond acceptors (Lipinski definition) is 4. The van der Waals surface area contributed by atoms with Crippen LogP contribution in [0.3, 0.4) is 0 Å². The average Bonchev–Trinajstić information content (AvgIpc) is 2.83. The molecule has 1 N–H and O–H groups in total. The summed E-state index contributed by atoms with van der Waals surface area (Å²) in [6.07, 6.45) is -3.05. The number of amides is 1. The summed E-state index contributed by atoms with van der Waals surface area (Å²) in [4.78, 5) is 12.1. The highest BCUT2D eigenvalue weighted by Gasteiger charge is 2.34. The van der Waals surface area contributed by atoms with Crippen molar-refractivity contribution in [3.8, 4) is 0 Å². The van der Waals surface area contributed by atoms with Crippen LogP contribution in [0, 0.1) is 0 Å². The predicted molar refractivity (Wildman–Crippen MR) is 76.4 cm³/mol. The third-order valence-electron chi connectivity index (χ3n) is 2.81. The zero-order valence-corrected chi connectivity index (χ0v) is 12.6. The number of nitrogens with zero attached hydrogens (tertiary/aromatic N) is 3. The first kappa shape index (κ1) is 16.3. The summed E-state index contributed by atoms with van der Waals surface area (Å²) >= 11 is 1.11. The summed E-state index contributed by atoms with van der Waals surface area (Å²) in [5, 5.41) is 9.69. The SMILES string of the molecule is C[C@@H](Sc1nncn1C)C(=O)Nc1ccccc1C(F)(F)F. The summed E-state index contributed by atoms with van der Waals surface area (Å²) in [7, 11) is 1.71. The molecular weight excluding hydrogens is 317 g/mol. The molecule has 0 spiro atoms. The van der Waals surface area contributed by atoms with Crippen LogP contribution in [-0.2, 0) is 18.0 Å². The van der Waals surface area contributed by atoms with Gasteiger partial charge in [-0.15, -0.1) is 10.2 Å². The number of hydrogen-bond donors (Lipinski definition) is 1. The Bertz CT molecular complexity index is 671. The lowest BCUT2D eigenvalue weighted by atomic mass is 10.1. The highest BCUT2D eigenvalue weighted by Crippen LogP contribution is 2.35. The van der Waals surface area contributed by atoms with Gasteiger partial charge < -0.3 is 9.88 Å². The molecular formula is C13H13F3N4OS. The minimum absolute atomic E-state index is 0.259. The van der Waals surface area contributed by atoms with Crippen molar-refractivity contribution in [2.75, 3.05) is 5.32 Å². The number of halogens is 3. The largest absolute Gasteiger partial charge is 0.418 e. The predicted octanol–water partition coefficient (Wildman–Crippen LogP) is 2.95. The number of para-hydroxylation sites is 1. The first-order chi connectivity index (χ1) is 10.3. The Morgan fingerprint density at radius 1 is 1.36 bits per heavy atom. The maximum atomic E-state index is 12.9. The zero-order valence-electron chi connectivity index (χ0n) is 11.8. The van der Waals surface area contributed by atoms with E-state index in [-0.39, 0.29) is 5.69 Å². The van der Waals surface area contributed by atoms with Crippen molar-refractivity contribution in [3.63, 3.8) is 0 Å². The third-order valence-corrected chi connectivity index (χ3v) is 3.96. The molecule has 1 amide bonds. The highest BCUT2D eigenvalue weighted by atomic mass is 32.2. The molecule has 0 fully saturated rings. The lowest BCUT2D eigenvalue weighted by Crippen LogP contribution is -2.24. The Morgan fingerprint density at radius 2 is 2.05 bits per heavy atom. The summed E-state index contributed by atoms with van der Waals surface area (Å²) < 4.78 is 40.3. The van der Waals surface area contributed by atoms with Gasteiger partial charge >= 0.3 is 6.18 Å². The molecule has 1 aromatic heterocycles. The van der Waals surface area contributed by atoms with E-state index in [0.29, 0.717) is 5.16 Å². The van der Waals surface area contributed by atoms with E-state index in [9.17, 15) is 18.0 Å². The Hall–Kier alpha value is -2.03. The van der Waals surface area contributed by atoms with Crippen molar-refractivity contribution in [1.82, 2.24) is 14.8 Å². The second-order valence-corrected chi connectivity index (χ2v) is 5.83. The number of aryl methyl sites for hydroxylation is 1. The fourth-order valence-corrected chi connectivity index (χ4v) is 2.45. The van der Waals surface area contributed by atoms with Gasteiger partial charge in [-0.2, -0.15) is 13.2 Å². The Morgan fingerprint density at radius 3 is 2.64 bits per heavy atom. The van der Waals surface area contributed by atoms with Gasteiger partial charge in [-0.1, -0.05) is 23.9 Å². The molecule has 9 heteroatoms. The molecule has 0 aliphatic heterocycles. The normalized spacial score (nSPS) is 13.0. The maximum absolute atomic E-state index is 12.9. The van der Waals surface area contributed by atoms with Crippen LogP contribution < -0.4 is 5.32 Å². The third kappa shape index (κ3) is 3.79. The number of alkyl halides is 3. The van der Waals surface area contributed by atoms with Gasteiger partial charge in [0.25, 0.3) is 0 Å². The first-order valence-electron chi connectivity index (χ1n) is 6.27. The number of benzene rings is 1. The molecule has 22 heavy (non-hydrogen) atoms. The van der Waals surface area contributed by atoms with E-state index < -0.39 is 22.9 Å². The molecule has 0 unspecified atom stereocenters. The summed E-state index contributed by atoms with van der Waals surface area (Å²) in [6.45, 7) is 1.59. The van der Waals surface area contributed by atoms with Gasteiger partial charge in [0.05, 0.1) is 16.5 Å². The summed E-state index contributed by atoms with van der Waals surface area (Å²) in [5.74, 6) is -0.537. The number of nitrogens with one attached hydrogen (secondary N) is 1. The quantitative estimate of drug-likeness (QED) is 0.876. The van der Waals surface area contributed by atoms with Crippen LogP contribution in [-0.4, -0.2) is 25.9 Å². The smallest absolute Gasteiger partial charge is 0.325 e. The minimum atomic E-state index is -4.52. The van der Waals surface area contributed by atoms with Gasteiger partial charge in [0, 0.05) is 7.05 Å². The highest BCUT2D eigenvalue weighted by molar-refractivity contribution is 8.00. The van der Waals surface area contributed by atoms with Gasteiger partial charge in [-0.3, -0.25) is 4.79 Å². The number of rotatable bonds is 4. The second kappa shape index (κ2) is 6.39. The first-order valence-corrected chi connectivity index (χ1v) is 7.14. The van der Waals surface area contributed by atoms with E-state index in [4.69, 9.17) is 0 Å². The van der Waals surface area contributed by atoms with Crippen LogP contribution in [0.2, 0.25) is 0 Å². The van der Waals surface area contributed by atoms with E-state index >= 15 is 0 Å². The van der Waals surface area contributed by atoms with Crippen molar-refractivity contribution in [1.29, 1.82) is 0 Å². The van der Waals surface area contributed by atoms with Gasteiger partial charge in [0.15, 0.2) is 5.16 Å². The molecule has 1 aromatic carbocycles. The maximum Gasteiger partial charge on any atom is 0.418 e. The number of carbonyl (C=O) groups is 1. The second-order valence-electron chi connectivity index (χ2n) is 4.52. The molecule has 0 aliphatic rings. The molecule has 0 radical (unpaired) electrons. The summed E-state index contributed by atoms with van der Waals surface area (Å²) in [5.41, 5.74) is -1.13. The molecule has 1 atom stereocenters. The Balaban J connectivity index is 2.11. The number of anilines is 1. The molecule has 0 saturated carbocycles. The fraction of sp³-hybridized carbons (Fsp3) is 0.308. The van der Waals surface area contributed by atoms with E-state index in [1.54, 1.807) is 18.5 Å². The van der Waals surface area contributed by atoms with Gasteiger partial charge in [-0.05, 0) is 19.1 Å². The lowest BCUT2D eigenvalue weighted by molar-refractivity contribution is -0.137. The monoisotopic (exact) mass is 330 g/mol. The minimum Gasteiger partial charge on any atom is -0.325 e. The topological polar surface area (TPSA) is 59.8 Å². The van der Waals surface area contributed by atoms with E-state index in [1.807, 2.05) is 0 Å². The molecule has 2 aromatic rings. The van der Waals surface area contributed by atoms with E-state index in [0.717, 1.165) is 17.8 Å². The van der Waals surface area contributed by atoms with Crippen LogP contribution in [0.5, 0.6) is 0 Å². The number of thioether (sulfide) groups is 1. The molecule has 118 valence electrons. The Labute approximate surface area is 128 Å². The van der Waals surface area contributed by atoms with Crippen LogP contribution in [0.1, 0.15) is 12.5 Å². The van der Waals surface area contributed by atoms with Crippen LogP contribution in [0.4, 0.5) is 18.9 Å². The van der Waals surface area contributed by atoms with Crippen molar-refractivity contribution < 1.29 is 18.0 Å². The van der Waals surface area contributed by atoms with E-state index in [1.165, 1.54) is 24.5 Å². The van der Waals surface area contributed by atoms with Crippen LogP contribution >= 0.6 is 11.8 Å². The van der Waals surface area contributed by atoms with Crippen molar-refractivity contribution in [2.24, 2.45) is 7.05 Å². The molecule has 5 nitrogen and oxygen atoms in total. The standard InChI is InChI=1S/C13H13F3N4OS/c1-8(22-12-19-17-7-20(12)2)11(21)18-10-6-4-3-5-9(10)13(14,15)16/h3-8H,1-2H3,(H,18,21)/t8-/m1/s1. The van der Waals surface area contributed by atoms with E-state index in [2.05, 4.69) is 15.5 Å². The molecule has 1 heterocycles. The summed E-state index contributed by atoms with van der Waals surface area (Å²) in [6, 6.07) is 4.86. The van der Waals surface area contributed by atoms with Crippen molar-refractivity contribution in [2.45, 2.75) is 23.5 Å². The van der Waals surface area contributed by atoms with Crippen LogP contribution in [0.15, 0.2) is 35.7 Å². The Kier molecular flexibility index (Phi) is 4.74. The van der Waals surface area contributed by atoms with Crippen molar-refractivity contribution >= 4 is 23.4 Å². The van der Waals surface area contributed by atoms with Gasteiger partial charge in [-0.25, -0.2) is 0 Å².